The van der Waals surface area contributed by atoms with Gasteiger partial charge < -0.3 is 24.1 Å². The molecule has 1 fully saturated rings. The summed E-state index contributed by atoms with van der Waals surface area (Å²) < 4.78 is 19.6. The van der Waals surface area contributed by atoms with Gasteiger partial charge in [0.15, 0.2) is 5.58 Å². The first kappa shape index (κ1) is 28.6. The number of nitriles is 1. The van der Waals surface area contributed by atoms with E-state index in [0.29, 0.717) is 59.3 Å². The second-order valence-electron chi connectivity index (χ2n) is 11.2. The van der Waals surface area contributed by atoms with Gasteiger partial charge in [0.2, 0.25) is 5.89 Å². The third kappa shape index (κ3) is 4.87. The van der Waals surface area contributed by atoms with Crippen molar-refractivity contribution < 1.29 is 24.1 Å². The zero-order chi connectivity index (χ0) is 31.2. The Labute approximate surface area is 259 Å². The number of likely N-dealkylation sites (tertiary alicyclic amines) is 1. The minimum Gasteiger partial charge on any atom is -0.496 e. The van der Waals surface area contributed by atoms with Gasteiger partial charge in [-0.15, -0.1) is 0 Å². The Kier molecular flexibility index (Phi) is 7.22. The van der Waals surface area contributed by atoms with Crippen LogP contribution in [0, 0.1) is 18.3 Å². The molecule has 4 aromatic carbocycles. The summed E-state index contributed by atoms with van der Waals surface area (Å²) in [5, 5.41) is 34.8. The molecule has 0 spiro atoms. The van der Waals surface area contributed by atoms with Crippen molar-refractivity contribution in [2.75, 3.05) is 27.3 Å². The summed E-state index contributed by atoms with van der Waals surface area (Å²) in [4.78, 5) is 6.83. The number of hydrogen-bond donors (Lipinski definition) is 2. The molecule has 0 atom stereocenters. The van der Waals surface area contributed by atoms with E-state index in [-0.39, 0.29) is 12.7 Å². The number of aromatic nitrogens is 3. The van der Waals surface area contributed by atoms with Gasteiger partial charge in [0.25, 0.3) is 0 Å². The summed E-state index contributed by atoms with van der Waals surface area (Å²) in [6, 6.07) is 21.5. The molecule has 45 heavy (non-hydrogen) atoms. The Bertz CT molecular complexity index is 2090. The Morgan fingerprint density at radius 1 is 1.00 bits per heavy atom. The van der Waals surface area contributed by atoms with Crippen molar-refractivity contribution in [3.8, 4) is 45.8 Å². The van der Waals surface area contributed by atoms with Crippen molar-refractivity contribution >= 4 is 22.0 Å². The lowest BCUT2D eigenvalue weighted by molar-refractivity contribution is -0.00358. The number of aliphatic hydroxyl groups is 2. The lowest BCUT2D eigenvalue weighted by Gasteiger charge is -2.36. The van der Waals surface area contributed by atoms with E-state index in [1.807, 2.05) is 54.2 Å². The molecule has 1 aliphatic rings. The Hall–Kier alpha value is -5.21. The zero-order valence-electron chi connectivity index (χ0n) is 25.1. The van der Waals surface area contributed by atoms with Crippen molar-refractivity contribution in [2.45, 2.75) is 26.2 Å². The Morgan fingerprint density at radius 3 is 2.40 bits per heavy atom. The number of rotatable bonds is 8. The average Bonchev–Trinajstić information content (AvgIpc) is 3.68. The van der Waals surface area contributed by atoms with Gasteiger partial charge in [-0.1, -0.05) is 24.3 Å². The molecule has 226 valence electrons. The number of benzene rings is 4. The van der Waals surface area contributed by atoms with Gasteiger partial charge in [0.1, 0.15) is 23.1 Å². The van der Waals surface area contributed by atoms with Gasteiger partial charge in [-0.3, -0.25) is 4.90 Å². The molecule has 0 unspecified atom stereocenters. The fraction of sp³-hybridized carbons (Fsp3) is 0.229. The van der Waals surface area contributed by atoms with E-state index in [1.54, 1.807) is 26.4 Å². The average molecular weight is 602 g/mol. The molecule has 0 aliphatic carbocycles. The highest BCUT2D eigenvalue weighted by atomic mass is 16.5. The molecule has 10 nitrogen and oxygen atoms in total. The van der Waals surface area contributed by atoms with Gasteiger partial charge in [-0.2, -0.15) is 10.4 Å². The van der Waals surface area contributed by atoms with Crippen LogP contribution in [0.3, 0.4) is 0 Å². The molecule has 0 radical (unpaired) electrons. The quantitative estimate of drug-likeness (QED) is 0.237. The number of fused-ring (bicyclic) bond motifs is 2. The molecule has 7 rings (SSSR count). The predicted molar refractivity (Wildman–Crippen MR) is 169 cm³/mol. The van der Waals surface area contributed by atoms with Crippen LogP contribution in [-0.4, -0.2) is 63.3 Å². The predicted octanol–water partition coefficient (Wildman–Crippen LogP) is 5.37. The van der Waals surface area contributed by atoms with Gasteiger partial charge in [-0.25, -0.2) is 9.67 Å². The normalized spacial score (nSPS) is 13.7. The topological polar surface area (TPSA) is 130 Å². The van der Waals surface area contributed by atoms with E-state index in [0.717, 1.165) is 44.4 Å². The smallest absolute Gasteiger partial charge is 0.227 e. The van der Waals surface area contributed by atoms with E-state index in [4.69, 9.17) is 19.0 Å². The van der Waals surface area contributed by atoms with E-state index in [2.05, 4.69) is 28.1 Å². The lowest BCUT2D eigenvalue weighted by Crippen LogP contribution is -2.49. The maximum Gasteiger partial charge on any atom is 0.227 e. The molecule has 3 heterocycles. The largest absolute Gasteiger partial charge is 0.496 e. The van der Waals surface area contributed by atoms with E-state index in [9.17, 15) is 15.5 Å². The van der Waals surface area contributed by atoms with Crippen LogP contribution >= 0.6 is 0 Å². The van der Waals surface area contributed by atoms with Crippen LogP contribution in [0.2, 0.25) is 0 Å². The summed E-state index contributed by atoms with van der Waals surface area (Å²) >= 11 is 0. The van der Waals surface area contributed by atoms with Crippen molar-refractivity contribution in [3.05, 3.63) is 89.1 Å². The standard InChI is InChI=1S/C35H31N5O5/c1-20-25(6-4-7-26(20)35-38-30-11-21(19-41)10-22(14-36)34(30)45-35)27-8-5-9-31-28(27)15-37-40(31)23-12-32(43-2)29(33(13-23)44-3)18-39-16-24(42)17-39/h4-13,15,24,41-42H,16-19H2,1-3H3. The van der Waals surface area contributed by atoms with Crippen molar-refractivity contribution in [1.29, 1.82) is 5.26 Å². The van der Waals surface area contributed by atoms with Crippen LogP contribution < -0.4 is 9.47 Å². The molecular formula is C35H31N5O5. The monoisotopic (exact) mass is 601 g/mol. The molecule has 1 saturated heterocycles. The molecule has 0 saturated carbocycles. The van der Waals surface area contributed by atoms with Crippen LogP contribution in [0.25, 0.3) is 50.3 Å². The second kappa shape index (κ2) is 11.4. The summed E-state index contributed by atoms with van der Waals surface area (Å²) in [6.45, 7) is 3.70. The number of oxazole rings is 1. The molecule has 2 N–H and O–H groups in total. The SMILES string of the molecule is COc1cc(-n2ncc3c(-c4cccc(-c5nc6cc(CO)cc(C#N)c6o5)c4C)cccc32)cc(OC)c1CN1CC(O)C1. The number of ether oxygens (including phenoxy) is 2. The summed E-state index contributed by atoms with van der Waals surface area (Å²) in [5.41, 5.74) is 8.28. The minimum atomic E-state index is -0.290. The highest BCUT2D eigenvalue weighted by Crippen LogP contribution is 2.39. The molecular weight excluding hydrogens is 570 g/mol. The lowest BCUT2D eigenvalue weighted by atomic mass is 9.94. The van der Waals surface area contributed by atoms with Crippen LogP contribution in [0.4, 0.5) is 0 Å². The first-order valence-corrected chi connectivity index (χ1v) is 14.6. The van der Waals surface area contributed by atoms with Gasteiger partial charge in [0.05, 0.1) is 55.5 Å². The number of methoxy groups -OCH3 is 2. The second-order valence-corrected chi connectivity index (χ2v) is 11.2. The maximum absolute atomic E-state index is 9.74. The Morgan fingerprint density at radius 2 is 1.71 bits per heavy atom. The Balaban J connectivity index is 1.30. The molecule has 0 bridgehead atoms. The number of nitrogens with zero attached hydrogens (tertiary/aromatic N) is 5. The molecule has 6 aromatic rings. The summed E-state index contributed by atoms with van der Waals surface area (Å²) in [5.74, 6) is 1.79. The summed E-state index contributed by atoms with van der Waals surface area (Å²) in [6.07, 6.45) is 1.57. The van der Waals surface area contributed by atoms with Crippen molar-refractivity contribution in [1.82, 2.24) is 19.7 Å². The molecule has 1 aliphatic heterocycles. The van der Waals surface area contributed by atoms with Crippen LogP contribution in [0.5, 0.6) is 11.5 Å². The fourth-order valence-corrected chi connectivity index (χ4v) is 6.17. The van der Waals surface area contributed by atoms with Gasteiger partial charge in [0, 0.05) is 42.7 Å². The third-order valence-electron chi connectivity index (χ3n) is 8.48. The number of β-amino-alcohol motifs (C(OH)–C–C–N with tert-alkyl or cyclic N) is 1. The number of aliphatic hydroxyl groups excluding tert-OH is 2. The van der Waals surface area contributed by atoms with E-state index < -0.39 is 0 Å². The van der Waals surface area contributed by atoms with Gasteiger partial charge >= 0.3 is 0 Å². The third-order valence-corrected chi connectivity index (χ3v) is 8.48. The fourth-order valence-electron chi connectivity index (χ4n) is 6.17. The summed E-state index contributed by atoms with van der Waals surface area (Å²) in [7, 11) is 3.29. The van der Waals surface area contributed by atoms with E-state index in [1.165, 1.54) is 0 Å². The number of hydrogen-bond acceptors (Lipinski definition) is 9. The van der Waals surface area contributed by atoms with Crippen molar-refractivity contribution in [3.63, 3.8) is 0 Å². The van der Waals surface area contributed by atoms with E-state index >= 15 is 0 Å². The molecule has 0 amide bonds. The highest BCUT2D eigenvalue weighted by molar-refractivity contribution is 5.97. The highest BCUT2D eigenvalue weighted by Gasteiger charge is 2.27. The molecule has 2 aromatic heterocycles. The maximum atomic E-state index is 9.74. The van der Waals surface area contributed by atoms with Gasteiger partial charge in [-0.05, 0) is 53.4 Å². The first-order valence-electron chi connectivity index (χ1n) is 14.6. The molecule has 10 heteroatoms. The first-order chi connectivity index (χ1) is 21.9. The minimum absolute atomic E-state index is 0.188. The van der Waals surface area contributed by atoms with Crippen molar-refractivity contribution in [2.24, 2.45) is 0 Å². The van der Waals surface area contributed by atoms with Crippen LogP contribution in [0.15, 0.2) is 71.3 Å². The van der Waals surface area contributed by atoms with Crippen LogP contribution in [0.1, 0.15) is 22.3 Å². The van der Waals surface area contributed by atoms with Crippen LogP contribution in [-0.2, 0) is 13.2 Å². The zero-order valence-corrected chi connectivity index (χ0v) is 25.1.